The van der Waals surface area contributed by atoms with E-state index in [4.69, 9.17) is 11.5 Å². The third kappa shape index (κ3) is 6.17. The Morgan fingerprint density at radius 2 is 0.929 bits per heavy atom. The van der Waals surface area contributed by atoms with Crippen molar-refractivity contribution >= 4 is 23.1 Å². The van der Waals surface area contributed by atoms with Crippen LogP contribution in [0, 0.1) is 0 Å². The molecule has 4 N–H and O–H groups in total. The van der Waals surface area contributed by atoms with Crippen LogP contribution in [-0.2, 0) is 9.59 Å². The molecule has 28 heavy (non-hydrogen) atoms. The van der Waals surface area contributed by atoms with Crippen LogP contribution in [0.25, 0.3) is 0 Å². The van der Waals surface area contributed by atoms with Crippen molar-refractivity contribution in [3.05, 3.63) is 95.3 Å². The van der Waals surface area contributed by atoms with Gasteiger partial charge in [-0.3, -0.25) is 19.2 Å². The Labute approximate surface area is 162 Å². The molecule has 0 fully saturated rings. The van der Waals surface area contributed by atoms with Gasteiger partial charge in [0.25, 0.3) is 0 Å². The van der Waals surface area contributed by atoms with E-state index in [9.17, 15) is 19.2 Å². The molecule has 0 bridgehead atoms. The minimum absolute atomic E-state index is 0.133. The lowest BCUT2D eigenvalue weighted by molar-refractivity contribution is -0.114. The third-order valence-electron chi connectivity index (χ3n) is 3.83. The van der Waals surface area contributed by atoms with E-state index in [1.165, 1.54) is 0 Å². The highest BCUT2D eigenvalue weighted by Gasteiger charge is 2.13. The fourth-order valence-corrected chi connectivity index (χ4v) is 2.38. The van der Waals surface area contributed by atoms with Gasteiger partial charge in [0.1, 0.15) is 0 Å². The molecule has 6 heteroatoms. The molecule has 0 aliphatic heterocycles. The van der Waals surface area contributed by atoms with Gasteiger partial charge in [-0.15, -0.1) is 0 Å². The van der Waals surface area contributed by atoms with Gasteiger partial charge in [0, 0.05) is 23.3 Å². The monoisotopic (exact) mass is 376 g/mol. The molecule has 2 rings (SSSR count). The van der Waals surface area contributed by atoms with E-state index < -0.39 is 11.6 Å². The second kappa shape index (κ2) is 9.78. The number of carbonyl (C=O) groups excluding carboxylic acids is 4. The highest BCUT2D eigenvalue weighted by atomic mass is 16.2. The highest BCUT2D eigenvalue weighted by Crippen LogP contribution is 2.07. The first kappa shape index (κ1) is 20.5. The molecule has 0 aliphatic rings. The standard InChI is InChI=1S/C22H20N2O4/c23-19(11-17(25)13-21(27)15-7-3-1-4-8-15)20(24)12-18(26)14-22(28)16-9-5-2-6-10-16/h1-12H,13-14,23-24H2. The molecule has 142 valence electrons. The van der Waals surface area contributed by atoms with Crippen molar-refractivity contribution in [2.24, 2.45) is 11.5 Å². The molecule has 0 heterocycles. The van der Waals surface area contributed by atoms with Crippen molar-refractivity contribution in [3.63, 3.8) is 0 Å². The fraction of sp³-hybridized carbons (Fsp3) is 0.0909. The Morgan fingerprint density at radius 3 is 1.25 bits per heavy atom. The largest absolute Gasteiger partial charge is 0.397 e. The molecular formula is C22H20N2O4. The van der Waals surface area contributed by atoms with E-state index in [2.05, 4.69) is 0 Å². The number of hydrogen-bond acceptors (Lipinski definition) is 6. The quantitative estimate of drug-likeness (QED) is 0.300. The molecule has 0 radical (unpaired) electrons. The Kier molecular flexibility index (Phi) is 7.16. The maximum atomic E-state index is 12.0. The average molecular weight is 376 g/mol. The maximum Gasteiger partial charge on any atom is 0.170 e. The first-order chi connectivity index (χ1) is 13.4. The predicted molar refractivity (Wildman–Crippen MR) is 105 cm³/mol. The van der Waals surface area contributed by atoms with Crippen LogP contribution in [0.2, 0.25) is 0 Å². The number of hydrogen-bond donors (Lipinski definition) is 2. The second-order valence-corrected chi connectivity index (χ2v) is 6.06. The van der Waals surface area contributed by atoms with Gasteiger partial charge in [0.05, 0.1) is 24.2 Å². The molecule has 0 amide bonds. The molecular weight excluding hydrogens is 356 g/mol. The fourth-order valence-electron chi connectivity index (χ4n) is 2.38. The molecule has 0 aromatic heterocycles. The number of ketones is 4. The van der Waals surface area contributed by atoms with Crippen molar-refractivity contribution in [3.8, 4) is 0 Å². The topological polar surface area (TPSA) is 120 Å². The van der Waals surface area contributed by atoms with Crippen LogP contribution < -0.4 is 11.5 Å². The summed E-state index contributed by atoms with van der Waals surface area (Å²) in [6, 6.07) is 16.8. The van der Waals surface area contributed by atoms with Crippen LogP contribution in [0.5, 0.6) is 0 Å². The summed E-state index contributed by atoms with van der Waals surface area (Å²) in [6.07, 6.45) is 1.30. The van der Waals surface area contributed by atoms with Gasteiger partial charge in [-0.25, -0.2) is 0 Å². The Balaban J connectivity index is 1.96. The first-order valence-electron chi connectivity index (χ1n) is 8.53. The lowest BCUT2D eigenvalue weighted by Gasteiger charge is -2.03. The Bertz CT molecular complexity index is 866. The van der Waals surface area contributed by atoms with E-state index in [1.807, 2.05) is 0 Å². The molecule has 0 atom stereocenters. The number of allylic oxidation sites excluding steroid dienone is 2. The van der Waals surface area contributed by atoms with Crippen LogP contribution in [0.15, 0.2) is 84.2 Å². The van der Waals surface area contributed by atoms with E-state index in [-0.39, 0.29) is 35.8 Å². The molecule has 2 aromatic rings. The van der Waals surface area contributed by atoms with Crippen LogP contribution in [-0.4, -0.2) is 23.1 Å². The van der Waals surface area contributed by atoms with Gasteiger partial charge in [-0.1, -0.05) is 60.7 Å². The van der Waals surface area contributed by atoms with E-state index in [0.717, 1.165) is 12.2 Å². The molecule has 2 aromatic carbocycles. The summed E-state index contributed by atoms with van der Waals surface area (Å²) in [5.74, 6) is -1.76. The van der Waals surface area contributed by atoms with Crippen LogP contribution in [0.3, 0.4) is 0 Å². The second-order valence-electron chi connectivity index (χ2n) is 6.06. The summed E-state index contributed by atoms with van der Waals surface area (Å²) in [4.78, 5) is 48.0. The van der Waals surface area contributed by atoms with Crippen LogP contribution in [0.1, 0.15) is 33.6 Å². The zero-order valence-corrected chi connectivity index (χ0v) is 15.1. The van der Waals surface area contributed by atoms with Gasteiger partial charge in [-0.2, -0.15) is 0 Å². The summed E-state index contributed by atoms with van der Waals surface area (Å²) in [6.45, 7) is 0. The Hall–Kier alpha value is -3.80. The van der Waals surface area contributed by atoms with Crippen molar-refractivity contribution < 1.29 is 19.2 Å². The molecule has 0 aliphatic carbocycles. The lowest BCUT2D eigenvalue weighted by atomic mass is 10.0. The third-order valence-corrected chi connectivity index (χ3v) is 3.83. The summed E-state index contributed by atoms with van der Waals surface area (Å²) in [5, 5.41) is 0. The van der Waals surface area contributed by atoms with Crippen molar-refractivity contribution in [1.29, 1.82) is 0 Å². The van der Waals surface area contributed by atoms with Crippen molar-refractivity contribution in [2.45, 2.75) is 12.8 Å². The number of carbonyl (C=O) groups is 4. The molecule has 0 saturated carbocycles. The molecule has 6 nitrogen and oxygen atoms in total. The maximum absolute atomic E-state index is 12.0. The highest BCUT2D eigenvalue weighted by molar-refractivity contribution is 6.12. The summed E-state index contributed by atoms with van der Waals surface area (Å²) in [7, 11) is 0. The number of benzene rings is 2. The molecule has 0 unspecified atom stereocenters. The number of Topliss-reactive ketones (excluding diaryl/α,β-unsaturated/α-hetero) is 2. The minimum Gasteiger partial charge on any atom is -0.397 e. The minimum atomic E-state index is -0.532. The van der Waals surface area contributed by atoms with Gasteiger partial charge in [0.15, 0.2) is 23.1 Å². The van der Waals surface area contributed by atoms with Gasteiger partial charge in [0.2, 0.25) is 0 Å². The number of rotatable bonds is 9. The van der Waals surface area contributed by atoms with Crippen molar-refractivity contribution in [1.82, 2.24) is 0 Å². The summed E-state index contributed by atoms with van der Waals surface area (Å²) >= 11 is 0. The Morgan fingerprint density at radius 1 is 0.607 bits per heavy atom. The van der Waals surface area contributed by atoms with Gasteiger partial charge < -0.3 is 11.5 Å². The normalized spacial score (nSPS) is 11.7. The van der Waals surface area contributed by atoms with E-state index >= 15 is 0 Å². The SMILES string of the molecule is NC(=CC(=O)CC(=O)c1ccccc1)C(N)=CC(=O)CC(=O)c1ccccc1. The molecule has 0 spiro atoms. The molecule has 0 saturated heterocycles. The first-order valence-corrected chi connectivity index (χ1v) is 8.53. The average Bonchev–Trinajstić information content (AvgIpc) is 2.68. The number of nitrogens with two attached hydrogens (primary N) is 2. The van der Waals surface area contributed by atoms with Crippen molar-refractivity contribution in [2.75, 3.05) is 0 Å². The zero-order chi connectivity index (χ0) is 20.5. The van der Waals surface area contributed by atoms with E-state index in [0.29, 0.717) is 11.1 Å². The van der Waals surface area contributed by atoms with E-state index in [1.54, 1.807) is 60.7 Å². The van der Waals surface area contributed by atoms with Gasteiger partial charge in [-0.05, 0) is 0 Å². The van der Waals surface area contributed by atoms with Gasteiger partial charge >= 0.3 is 0 Å². The van der Waals surface area contributed by atoms with Crippen LogP contribution >= 0.6 is 0 Å². The lowest BCUT2D eigenvalue weighted by Crippen LogP contribution is -2.15. The predicted octanol–water partition coefficient (Wildman–Crippen LogP) is 2.36. The zero-order valence-electron chi connectivity index (χ0n) is 15.1. The van der Waals surface area contributed by atoms with Crippen LogP contribution in [0.4, 0.5) is 0 Å². The summed E-state index contributed by atoms with van der Waals surface area (Å²) in [5.41, 5.74) is 12.0. The summed E-state index contributed by atoms with van der Waals surface area (Å²) < 4.78 is 0. The smallest absolute Gasteiger partial charge is 0.170 e.